The average Bonchev–Trinajstić information content (AvgIpc) is 2.92. The molecule has 1 fully saturated rings. The zero-order chi connectivity index (χ0) is 13.7. The van der Waals surface area contributed by atoms with Gasteiger partial charge in [0.25, 0.3) is 0 Å². The Balaban J connectivity index is 1.92. The summed E-state index contributed by atoms with van der Waals surface area (Å²) in [6.45, 7) is 7.32. The summed E-state index contributed by atoms with van der Waals surface area (Å²) >= 11 is 0. The van der Waals surface area contributed by atoms with Crippen molar-refractivity contribution in [2.24, 2.45) is 5.92 Å². The molecule has 2 rings (SSSR count). The van der Waals surface area contributed by atoms with Crippen LogP contribution in [0, 0.1) is 5.92 Å². The minimum Gasteiger partial charge on any atom is -0.378 e. The zero-order valence-electron chi connectivity index (χ0n) is 11.6. The molecule has 6 nitrogen and oxygen atoms in total. The van der Waals surface area contributed by atoms with Gasteiger partial charge in [0, 0.05) is 25.5 Å². The number of nitrogens with one attached hydrogen (secondary N) is 2. The first-order chi connectivity index (χ1) is 9.18. The Labute approximate surface area is 113 Å². The second-order valence-electron chi connectivity index (χ2n) is 5.08. The molecule has 0 bridgehead atoms. The van der Waals surface area contributed by atoms with Gasteiger partial charge in [0.1, 0.15) is 5.82 Å². The smallest absolute Gasteiger partial charge is 0.240 e. The van der Waals surface area contributed by atoms with Crippen LogP contribution in [0.5, 0.6) is 0 Å². The van der Waals surface area contributed by atoms with Gasteiger partial charge in [0.05, 0.1) is 25.8 Å². The number of aromatic nitrogens is 2. The van der Waals surface area contributed by atoms with Crippen LogP contribution in [0.1, 0.15) is 19.7 Å². The Hall–Kier alpha value is -1.40. The monoisotopic (exact) mass is 266 g/mol. The van der Waals surface area contributed by atoms with Crippen molar-refractivity contribution in [3.63, 3.8) is 0 Å². The van der Waals surface area contributed by atoms with Crippen molar-refractivity contribution < 1.29 is 9.53 Å². The number of rotatable bonds is 5. The van der Waals surface area contributed by atoms with E-state index in [4.69, 9.17) is 4.74 Å². The van der Waals surface area contributed by atoms with Gasteiger partial charge in [-0.15, -0.1) is 0 Å². The molecule has 0 aromatic carbocycles. The number of ether oxygens (including phenoxy) is 1. The highest BCUT2D eigenvalue weighted by atomic mass is 16.5. The van der Waals surface area contributed by atoms with Gasteiger partial charge in [-0.05, 0) is 5.92 Å². The number of imidazole rings is 1. The molecule has 0 unspecified atom stereocenters. The van der Waals surface area contributed by atoms with E-state index in [1.165, 1.54) is 0 Å². The van der Waals surface area contributed by atoms with Gasteiger partial charge in [-0.2, -0.15) is 0 Å². The molecule has 6 heteroatoms. The maximum Gasteiger partial charge on any atom is 0.240 e. The lowest BCUT2D eigenvalue weighted by atomic mass is 10.0. The average molecular weight is 266 g/mol. The van der Waals surface area contributed by atoms with Gasteiger partial charge in [-0.3, -0.25) is 10.1 Å². The predicted molar refractivity (Wildman–Crippen MR) is 71.5 cm³/mol. The fourth-order valence-electron chi connectivity index (χ4n) is 2.19. The summed E-state index contributed by atoms with van der Waals surface area (Å²) in [5.74, 6) is 1.25. The highest BCUT2D eigenvalue weighted by molar-refractivity contribution is 5.82. The number of hydrogen-bond donors (Lipinski definition) is 2. The number of nitrogens with zero attached hydrogens (tertiary/aromatic N) is 2. The van der Waals surface area contributed by atoms with E-state index in [1.807, 2.05) is 4.90 Å². The van der Waals surface area contributed by atoms with Crippen LogP contribution in [-0.4, -0.2) is 53.1 Å². The fourth-order valence-corrected chi connectivity index (χ4v) is 2.19. The van der Waals surface area contributed by atoms with E-state index >= 15 is 0 Å². The maximum atomic E-state index is 12.5. The van der Waals surface area contributed by atoms with Gasteiger partial charge >= 0.3 is 0 Å². The number of carbonyl (C=O) groups is 1. The minimum absolute atomic E-state index is 0.157. The van der Waals surface area contributed by atoms with E-state index in [2.05, 4.69) is 29.1 Å². The van der Waals surface area contributed by atoms with Crippen LogP contribution in [-0.2, 0) is 16.1 Å². The largest absolute Gasteiger partial charge is 0.378 e. The van der Waals surface area contributed by atoms with Crippen LogP contribution in [0.2, 0.25) is 0 Å². The topological polar surface area (TPSA) is 70.2 Å². The van der Waals surface area contributed by atoms with Crippen LogP contribution < -0.4 is 5.32 Å². The lowest BCUT2D eigenvalue weighted by Gasteiger charge is -2.32. The molecule has 0 aliphatic carbocycles. The van der Waals surface area contributed by atoms with Crippen molar-refractivity contribution >= 4 is 5.91 Å². The second kappa shape index (κ2) is 6.68. The van der Waals surface area contributed by atoms with Gasteiger partial charge in [-0.25, -0.2) is 4.98 Å². The lowest BCUT2D eigenvalue weighted by molar-refractivity contribution is -0.138. The third-order valence-electron chi connectivity index (χ3n) is 3.30. The summed E-state index contributed by atoms with van der Waals surface area (Å²) in [5, 5.41) is 3.29. The molecule has 1 atom stereocenters. The molecule has 0 radical (unpaired) electrons. The molecular weight excluding hydrogens is 244 g/mol. The number of amides is 1. The summed E-state index contributed by atoms with van der Waals surface area (Å²) in [6, 6.07) is -0.178. The molecule has 2 heterocycles. The first-order valence-corrected chi connectivity index (χ1v) is 6.76. The summed E-state index contributed by atoms with van der Waals surface area (Å²) in [7, 11) is 0. The third kappa shape index (κ3) is 3.78. The number of aromatic amines is 1. The van der Waals surface area contributed by atoms with Crippen molar-refractivity contribution in [2.75, 3.05) is 26.3 Å². The number of morpholine rings is 1. The van der Waals surface area contributed by atoms with Crippen LogP contribution in [0.15, 0.2) is 12.4 Å². The molecule has 2 N–H and O–H groups in total. The first kappa shape index (κ1) is 14.0. The van der Waals surface area contributed by atoms with E-state index in [9.17, 15) is 4.79 Å². The third-order valence-corrected chi connectivity index (χ3v) is 3.30. The number of hydrogen-bond acceptors (Lipinski definition) is 4. The molecule has 1 amide bonds. The normalized spacial score (nSPS) is 17.7. The van der Waals surface area contributed by atoms with E-state index < -0.39 is 0 Å². The first-order valence-electron chi connectivity index (χ1n) is 6.76. The Bertz CT molecular complexity index is 385. The molecule has 106 valence electrons. The van der Waals surface area contributed by atoms with Crippen molar-refractivity contribution in [2.45, 2.75) is 26.4 Å². The van der Waals surface area contributed by atoms with E-state index in [1.54, 1.807) is 12.4 Å². The minimum atomic E-state index is -0.178. The molecule has 19 heavy (non-hydrogen) atoms. The van der Waals surface area contributed by atoms with Crippen molar-refractivity contribution in [3.05, 3.63) is 18.2 Å². The number of carbonyl (C=O) groups excluding carboxylic acids is 1. The molecular formula is C13H22N4O2. The highest BCUT2D eigenvalue weighted by Crippen LogP contribution is 2.09. The van der Waals surface area contributed by atoms with Crippen molar-refractivity contribution in [1.82, 2.24) is 20.2 Å². The lowest BCUT2D eigenvalue weighted by Crippen LogP contribution is -2.52. The highest BCUT2D eigenvalue weighted by Gasteiger charge is 2.27. The van der Waals surface area contributed by atoms with E-state index in [0.29, 0.717) is 32.8 Å². The summed E-state index contributed by atoms with van der Waals surface area (Å²) < 4.78 is 5.28. The van der Waals surface area contributed by atoms with Gasteiger partial charge in [0.2, 0.25) is 5.91 Å². The predicted octanol–water partition coefficient (Wildman–Crippen LogP) is 0.383. The van der Waals surface area contributed by atoms with Gasteiger partial charge < -0.3 is 14.6 Å². The maximum absolute atomic E-state index is 12.5. The molecule has 0 spiro atoms. The molecule has 1 aromatic rings. The SMILES string of the molecule is CC(C)[C@@H](NCc1ncc[nH]1)C(=O)N1CCOCC1. The van der Waals surface area contributed by atoms with Crippen LogP contribution in [0.3, 0.4) is 0 Å². The summed E-state index contributed by atoms with van der Waals surface area (Å²) in [6.07, 6.45) is 3.50. The van der Waals surface area contributed by atoms with Crippen molar-refractivity contribution in [1.29, 1.82) is 0 Å². The summed E-state index contributed by atoms with van der Waals surface area (Å²) in [5.41, 5.74) is 0. The standard InChI is InChI=1S/C13H22N4O2/c1-10(2)12(16-9-11-14-3-4-15-11)13(18)17-5-7-19-8-6-17/h3-4,10,12,16H,5-9H2,1-2H3,(H,14,15)/t12-/m1/s1. The fraction of sp³-hybridized carbons (Fsp3) is 0.692. The Morgan fingerprint density at radius 3 is 2.84 bits per heavy atom. The summed E-state index contributed by atoms with van der Waals surface area (Å²) in [4.78, 5) is 21.5. The Morgan fingerprint density at radius 1 is 1.53 bits per heavy atom. The molecule has 1 aromatic heterocycles. The van der Waals surface area contributed by atoms with Crippen LogP contribution in [0.25, 0.3) is 0 Å². The van der Waals surface area contributed by atoms with E-state index in [0.717, 1.165) is 5.82 Å². The molecule has 1 saturated heterocycles. The van der Waals surface area contributed by atoms with Crippen LogP contribution >= 0.6 is 0 Å². The van der Waals surface area contributed by atoms with Gasteiger partial charge in [-0.1, -0.05) is 13.8 Å². The van der Waals surface area contributed by atoms with E-state index in [-0.39, 0.29) is 17.9 Å². The quantitative estimate of drug-likeness (QED) is 0.808. The molecule has 1 aliphatic rings. The van der Waals surface area contributed by atoms with Crippen LogP contribution in [0.4, 0.5) is 0 Å². The Kier molecular flexibility index (Phi) is 4.93. The molecule has 0 saturated carbocycles. The van der Waals surface area contributed by atoms with Crippen molar-refractivity contribution in [3.8, 4) is 0 Å². The van der Waals surface area contributed by atoms with Gasteiger partial charge in [0.15, 0.2) is 0 Å². The second-order valence-corrected chi connectivity index (χ2v) is 5.08. The number of H-pyrrole nitrogens is 1. The zero-order valence-corrected chi connectivity index (χ0v) is 11.6. The Morgan fingerprint density at radius 2 is 2.26 bits per heavy atom. The molecule has 1 aliphatic heterocycles.